The predicted octanol–water partition coefficient (Wildman–Crippen LogP) is 2.74. The number of carbonyl (C=O) groups is 1. The number of hydrogen-bond acceptors (Lipinski definition) is 7. The number of fused-ring (bicyclic) bond motifs is 3. The predicted molar refractivity (Wildman–Crippen MR) is 80.5 cm³/mol. The Morgan fingerprint density at radius 2 is 1.96 bits per heavy atom. The Labute approximate surface area is 138 Å². The van der Waals surface area contributed by atoms with E-state index in [-0.39, 0.29) is 33.0 Å². The fraction of sp³-hybridized carbons (Fsp3) is 0.500. The SMILES string of the molecule is Cc1cc(OCC(=O)OCC23COP(=O)(OC2)OC3)ccc1Cl. The summed E-state index contributed by atoms with van der Waals surface area (Å²) in [7, 11) is -3.36. The molecule has 3 heterocycles. The molecule has 0 unspecified atom stereocenters. The summed E-state index contributed by atoms with van der Waals surface area (Å²) in [6, 6.07) is 5.12. The van der Waals surface area contributed by atoms with Crippen LogP contribution in [0.2, 0.25) is 5.02 Å². The molecule has 0 radical (unpaired) electrons. The molecular weight excluding hydrogens is 347 g/mol. The topological polar surface area (TPSA) is 80.3 Å². The molecule has 2 bridgehead atoms. The van der Waals surface area contributed by atoms with Crippen molar-refractivity contribution in [2.45, 2.75) is 6.92 Å². The lowest BCUT2D eigenvalue weighted by molar-refractivity contribution is -0.161. The first-order valence-corrected chi connectivity index (χ1v) is 8.82. The first-order valence-electron chi connectivity index (χ1n) is 6.98. The number of phosphoric ester groups is 1. The normalized spacial score (nSPS) is 29.3. The molecule has 0 aromatic heterocycles. The molecule has 0 saturated carbocycles. The first kappa shape index (κ1) is 16.7. The summed E-state index contributed by atoms with van der Waals surface area (Å²) in [6.45, 7) is 2.20. The third-order valence-corrected chi connectivity index (χ3v) is 5.37. The molecule has 4 rings (SSSR count). The van der Waals surface area contributed by atoms with Crippen molar-refractivity contribution < 1.29 is 32.4 Å². The molecule has 0 amide bonds. The van der Waals surface area contributed by atoms with Crippen LogP contribution < -0.4 is 4.74 Å². The van der Waals surface area contributed by atoms with Gasteiger partial charge in [0.05, 0.1) is 25.2 Å². The Bertz CT molecular complexity index is 631. The highest BCUT2D eigenvalue weighted by Gasteiger charge is 2.51. The molecule has 3 fully saturated rings. The third kappa shape index (κ3) is 3.87. The highest BCUT2D eigenvalue weighted by molar-refractivity contribution is 7.48. The van der Waals surface area contributed by atoms with E-state index in [9.17, 15) is 9.36 Å². The maximum atomic E-state index is 11.8. The van der Waals surface area contributed by atoms with Gasteiger partial charge in [-0.2, -0.15) is 0 Å². The number of ether oxygens (including phenoxy) is 2. The van der Waals surface area contributed by atoms with Gasteiger partial charge in [0.15, 0.2) is 6.61 Å². The second kappa shape index (κ2) is 6.42. The summed E-state index contributed by atoms with van der Waals surface area (Å²) in [5.74, 6) is 0.0135. The standard InChI is InChI=1S/C14H16ClO7P/c1-10-4-11(2-3-12(10)15)18-5-13(16)19-6-14-7-20-23(17,21-8-14)22-9-14/h2-4H,5-9H2,1H3. The summed E-state index contributed by atoms with van der Waals surface area (Å²) >= 11 is 5.92. The van der Waals surface area contributed by atoms with Crippen LogP contribution in [0.1, 0.15) is 5.56 Å². The molecule has 3 saturated heterocycles. The van der Waals surface area contributed by atoms with Gasteiger partial charge < -0.3 is 9.47 Å². The zero-order valence-corrected chi connectivity index (χ0v) is 14.1. The molecule has 0 spiro atoms. The Morgan fingerprint density at radius 3 is 2.57 bits per heavy atom. The van der Waals surface area contributed by atoms with E-state index in [2.05, 4.69) is 0 Å². The Kier molecular flexibility index (Phi) is 4.67. The lowest BCUT2D eigenvalue weighted by Crippen LogP contribution is -2.48. The van der Waals surface area contributed by atoms with Gasteiger partial charge in [-0.15, -0.1) is 0 Å². The van der Waals surface area contributed by atoms with Crippen LogP contribution in [-0.4, -0.2) is 39.0 Å². The maximum absolute atomic E-state index is 11.8. The molecular formula is C14H16ClO7P. The summed E-state index contributed by atoms with van der Waals surface area (Å²) in [5, 5.41) is 0.630. The molecule has 9 heteroatoms. The van der Waals surface area contributed by atoms with Gasteiger partial charge in [-0.25, -0.2) is 9.36 Å². The molecule has 1 aromatic carbocycles. The molecule has 23 heavy (non-hydrogen) atoms. The number of phosphoric acid groups is 1. The number of carbonyl (C=O) groups excluding carboxylic acids is 1. The second-order valence-electron chi connectivity index (χ2n) is 5.63. The van der Waals surface area contributed by atoms with Crippen molar-refractivity contribution in [3.63, 3.8) is 0 Å². The van der Waals surface area contributed by atoms with Crippen LogP contribution in [-0.2, 0) is 27.7 Å². The summed E-state index contributed by atoms with van der Waals surface area (Å²) < 4.78 is 37.3. The largest absolute Gasteiger partial charge is 0.482 e. The van der Waals surface area contributed by atoms with E-state index < -0.39 is 19.2 Å². The van der Waals surface area contributed by atoms with Crippen molar-refractivity contribution in [1.29, 1.82) is 0 Å². The van der Waals surface area contributed by atoms with Gasteiger partial charge in [0.2, 0.25) is 0 Å². The summed E-state index contributed by atoms with van der Waals surface area (Å²) in [4.78, 5) is 11.8. The van der Waals surface area contributed by atoms with Crippen molar-refractivity contribution >= 4 is 25.4 Å². The maximum Gasteiger partial charge on any atom is 0.474 e. The molecule has 0 N–H and O–H groups in total. The first-order chi connectivity index (χ1) is 10.9. The molecule has 7 nitrogen and oxygen atoms in total. The van der Waals surface area contributed by atoms with E-state index in [1.54, 1.807) is 18.2 Å². The van der Waals surface area contributed by atoms with Gasteiger partial charge in [-0.05, 0) is 30.7 Å². The second-order valence-corrected chi connectivity index (χ2v) is 7.70. The zero-order valence-electron chi connectivity index (χ0n) is 12.5. The average Bonchev–Trinajstić information content (AvgIpc) is 2.55. The Balaban J connectivity index is 1.46. The van der Waals surface area contributed by atoms with Gasteiger partial charge in [-0.1, -0.05) is 11.6 Å². The number of esters is 1. The minimum atomic E-state index is -3.36. The summed E-state index contributed by atoms with van der Waals surface area (Å²) in [6.07, 6.45) is 0. The third-order valence-electron chi connectivity index (χ3n) is 3.61. The van der Waals surface area contributed by atoms with E-state index in [1.165, 1.54) is 0 Å². The number of benzene rings is 1. The van der Waals surface area contributed by atoms with Crippen molar-refractivity contribution in [3.05, 3.63) is 28.8 Å². The van der Waals surface area contributed by atoms with Crippen LogP contribution in [0.3, 0.4) is 0 Å². The number of rotatable bonds is 5. The number of hydrogen-bond donors (Lipinski definition) is 0. The highest BCUT2D eigenvalue weighted by atomic mass is 35.5. The Morgan fingerprint density at radius 1 is 1.30 bits per heavy atom. The van der Waals surface area contributed by atoms with Crippen LogP contribution in [0.5, 0.6) is 5.75 Å². The molecule has 3 aliphatic rings. The van der Waals surface area contributed by atoms with E-state index >= 15 is 0 Å². The smallest absolute Gasteiger partial charge is 0.474 e. The quantitative estimate of drug-likeness (QED) is 0.588. The minimum absolute atomic E-state index is 0.0504. The molecule has 3 aliphatic heterocycles. The Hall–Kier alpha value is -1.11. The van der Waals surface area contributed by atoms with E-state index in [0.29, 0.717) is 10.8 Å². The van der Waals surface area contributed by atoms with Crippen molar-refractivity contribution in [2.75, 3.05) is 33.0 Å². The van der Waals surface area contributed by atoms with Crippen LogP contribution in [0.25, 0.3) is 0 Å². The van der Waals surface area contributed by atoms with Crippen LogP contribution in [0, 0.1) is 12.3 Å². The van der Waals surface area contributed by atoms with Crippen LogP contribution in [0.4, 0.5) is 0 Å². The van der Waals surface area contributed by atoms with E-state index in [0.717, 1.165) is 5.56 Å². The number of aryl methyl sites for hydroxylation is 1. The lowest BCUT2D eigenvalue weighted by atomic mass is 9.92. The van der Waals surface area contributed by atoms with E-state index in [4.69, 9.17) is 34.6 Å². The van der Waals surface area contributed by atoms with Gasteiger partial charge in [0.1, 0.15) is 12.4 Å². The van der Waals surface area contributed by atoms with Gasteiger partial charge in [0, 0.05) is 5.02 Å². The molecule has 126 valence electrons. The average molecular weight is 363 g/mol. The summed E-state index contributed by atoms with van der Waals surface area (Å²) in [5.41, 5.74) is 0.246. The molecule has 1 aromatic rings. The fourth-order valence-electron chi connectivity index (χ4n) is 2.13. The van der Waals surface area contributed by atoms with Crippen LogP contribution >= 0.6 is 19.4 Å². The van der Waals surface area contributed by atoms with Gasteiger partial charge in [-0.3, -0.25) is 13.6 Å². The highest BCUT2D eigenvalue weighted by Crippen LogP contribution is 2.59. The van der Waals surface area contributed by atoms with Crippen LogP contribution in [0.15, 0.2) is 18.2 Å². The van der Waals surface area contributed by atoms with Crippen molar-refractivity contribution in [1.82, 2.24) is 0 Å². The fourth-order valence-corrected chi connectivity index (χ4v) is 3.77. The van der Waals surface area contributed by atoms with Gasteiger partial charge >= 0.3 is 13.8 Å². The van der Waals surface area contributed by atoms with Crippen molar-refractivity contribution in [2.24, 2.45) is 5.41 Å². The lowest BCUT2D eigenvalue weighted by Gasteiger charge is -2.43. The van der Waals surface area contributed by atoms with Crippen molar-refractivity contribution in [3.8, 4) is 5.75 Å². The zero-order chi connectivity index (χ0) is 16.5. The molecule has 0 atom stereocenters. The number of halogens is 1. The minimum Gasteiger partial charge on any atom is -0.482 e. The molecule has 0 aliphatic carbocycles. The van der Waals surface area contributed by atoms with E-state index in [1.807, 2.05) is 6.92 Å². The van der Waals surface area contributed by atoms with Gasteiger partial charge in [0.25, 0.3) is 0 Å². The monoisotopic (exact) mass is 362 g/mol.